The second kappa shape index (κ2) is 9.72. The number of nitrogens with zero attached hydrogens (tertiary/aromatic N) is 1. The lowest BCUT2D eigenvalue weighted by molar-refractivity contribution is -0.140. The van der Waals surface area contributed by atoms with E-state index in [1.807, 2.05) is 12.1 Å². The van der Waals surface area contributed by atoms with E-state index in [1.165, 1.54) is 6.42 Å². The van der Waals surface area contributed by atoms with Crippen LogP contribution in [0.5, 0.6) is 0 Å². The molecule has 2 fully saturated rings. The average molecular weight is 407 g/mol. The standard InChI is InChI=1S/C21H31ClN4O2/c22-17-9-8-15(12-23)16(11-17)13-25-20(27)18-7-4-10-26(18)21(28)19(24)14-5-2-1-3-6-14/h8-9,11,14,18-19H,1-7,10,12-13,23-24H2,(H,25,27)/t18-,19+/m0/s1. The van der Waals surface area contributed by atoms with Crippen LogP contribution in [0.2, 0.25) is 5.02 Å². The third kappa shape index (κ3) is 4.85. The zero-order chi connectivity index (χ0) is 20.1. The highest BCUT2D eigenvalue weighted by atomic mass is 35.5. The van der Waals surface area contributed by atoms with Crippen LogP contribution in [0.1, 0.15) is 56.1 Å². The molecule has 28 heavy (non-hydrogen) atoms. The third-order valence-corrected chi connectivity index (χ3v) is 6.36. The van der Waals surface area contributed by atoms with Crippen molar-refractivity contribution in [1.29, 1.82) is 0 Å². The number of hydrogen-bond acceptors (Lipinski definition) is 4. The molecule has 1 aliphatic carbocycles. The molecule has 1 aromatic rings. The molecular formula is C21H31ClN4O2. The number of amides is 2. The summed E-state index contributed by atoms with van der Waals surface area (Å²) >= 11 is 6.07. The number of benzene rings is 1. The zero-order valence-corrected chi connectivity index (χ0v) is 17.1. The van der Waals surface area contributed by atoms with Gasteiger partial charge in [0.05, 0.1) is 6.04 Å². The van der Waals surface area contributed by atoms with Crippen molar-refractivity contribution in [2.45, 2.75) is 70.1 Å². The van der Waals surface area contributed by atoms with Crippen molar-refractivity contribution >= 4 is 23.4 Å². The van der Waals surface area contributed by atoms with E-state index < -0.39 is 12.1 Å². The lowest BCUT2D eigenvalue weighted by Gasteiger charge is -2.32. The highest BCUT2D eigenvalue weighted by Gasteiger charge is 2.38. The molecule has 0 bridgehead atoms. The van der Waals surface area contributed by atoms with Crippen LogP contribution in [0.4, 0.5) is 0 Å². The summed E-state index contributed by atoms with van der Waals surface area (Å²) in [6, 6.07) is 4.55. The highest BCUT2D eigenvalue weighted by Crippen LogP contribution is 2.28. The summed E-state index contributed by atoms with van der Waals surface area (Å²) in [7, 11) is 0. The van der Waals surface area contributed by atoms with Crippen LogP contribution in [0, 0.1) is 5.92 Å². The molecule has 1 aromatic carbocycles. The Balaban J connectivity index is 1.61. The van der Waals surface area contributed by atoms with Gasteiger partial charge in [0.2, 0.25) is 11.8 Å². The quantitative estimate of drug-likeness (QED) is 0.674. The van der Waals surface area contributed by atoms with E-state index in [9.17, 15) is 9.59 Å². The van der Waals surface area contributed by atoms with Gasteiger partial charge in [0, 0.05) is 24.7 Å². The van der Waals surface area contributed by atoms with E-state index in [0.29, 0.717) is 31.1 Å². The number of nitrogens with two attached hydrogens (primary N) is 2. The minimum Gasteiger partial charge on any atom is -0.350 e. The molecule has 2 atom stereocenters. The van der Waals surface area contributed by atoms with Gasteiger partial charge in [-0.2, -0.15) is 0 Å². The Kier molecular flexibility index (Phi) is 7.32. The maximum Gasteiger partial charge on any atom is 0.243 e. The lowest BCUT2D eigenvalue weighted by Crippen LogP contribution is -2.53. The number of nitrogens with one attached hydrogen (secondary N) is 1. The number of rotatable bonds is 6. The lowest BCUT2D eigenvalue weighted by atomic mass is 9.83. The summed E-state index contributed by atoms with van der Waals surface area (Å²) in [6.07, 6.45) is 7.01. The molecule has 2 aliphatic rings. The van der Waals surface area contributed by atoms with Crippen molar-refractivity contribution < 1.29 is 9.59 Å². The fraction of sp³-hybridized carbons (Fsp3) is 0.619. The summed E-state index contributed by atoms with van der Waals surface area (Å²) < 4.78 is 0. The molecule has 7 heteroatoms. The monoisotopic (exact) mass is 406 g/mol. The predicted molar refractivity (Wildman–Crippen MR) is 110 cm³/mol. The van der Waals surface area contributed by atoms with Crippen LogP contribution in [0.15, 0.2) is 18.2 Å². The zero-order valence-electron chi connectivity index (χ0n) is 16.3. The maximum atomic E-state index is 13.0. The Labute approximate surface area is 172 Å². The van der Waals surface area contributed by atoms with Gasteiger partial charge in [-0.1, -0.05) is 36.9 Å². The van der Waals surface area contributed by atoms with Crippen molar-refractivity contribution in [3.05, 3.63) is 34.3 Å². The fourth-order valence-corrected chi connectivity index (χ4v) is 4.64. The first-order valence-electron chi connectivity index (χ1n) is 10.3. The minimum absolute atomic E-state index is 0.0741. The van der Waals surface area contributed by atoms with Gasteiger partial charge in [0.25, 0.3) is 0 Å². The van der Waals surface area contributed by atoms with Crippen LogP contribution in [-0.4, -0.2) is 35.3 Å². The molecule has 1 aliphatic heterocycles. The molecule has 0 aromatic heterocycles. The van der Waals surface area contributed by atoms with Gasteiger partial charge in [-0.05, 0) is 54.9 Å². The first-order chi connectivity index (χ1) is 13.5. The average Bonchev–Trinajstić information content (AvgIpc) is 3.21. The molecule has 0 unspecified atom stereocenters. The molecule has 2 amide bonds. The smallest absolute Gasteiger partial charge is 0.243 e. The Hall–Kier alpha value is -1.63. The minimum atomic E-state index is -0.495. The normalized spacial score (nSPS) is 21.5. The van der Waals surface area contributed by atoms with Crippen molar-refractivity contribution in [3.8, 4) is 0 Å². The van der Waals surface area contributed by atoms with E-state index in [4.69, 9.17) is 23.1 Å². The Bertz CT molecular complexity index is 706. The van der Waals surface area contributed by atoms with Crippen molar-refractivity contribution in [2.75, 3.05) is 6.54 Å². The maximum absolute atomic E-state index is 13.0. The molecule has 0 spiro atoms. The molecule has 1 saturated heterocycles. The fourth-order valence-electron chi connectivity index (χ4n) is 4.45. The second-order valence-corrected chi connectivity index (χ2v) is 8.38. The molecule has 6 nitrogen and oxygen atoms in total. The number of hydrogen-bond donors (Lipinski definition) is 3. The molecule has 5 N–H and O–H groups in total. The first kappa shape index (κ1) is 21.1. The molecular weight excluding hydrogens is 376 g/mol. The van der Waals surface area contributed by atoms with Gasteiger partial charge < -0.3 is 21.7 Å². The van der Waals surface area contributed by atoms with Crippen molar-refractivity contribution in [3.63, 3.8) is 0 Å². The topological polar surface area (TPSA) is 101 Å². The Morgan fingerprint density at radius 2 is 1.89 bits per heavy atom. The Morgan fingerprint density at radius 1 is 1.14 bits per heavy atom. The summed E-state index contributed by atoms with van der Waals surface area (Å²) in [4.78, 5) is 27.5. The largest absolute Gasteiger partial charge is 0.350 e. The van der Waals surface area contributed by atoms with Gasteiger partial charge in [-0.25, -0.2) is 0 Å². The van der Waals surface area contributed by atoms with Gasteiger partial charge in [0.15, 0.2) is 0 Å². The summed E-state index contributed by atoms with van der Waals surface area (Å²) in [5.74, 6) is 0.0312. The van der Waals surface area contributed by atoms with E-state index in [-0.39, 0.29) is 17.7 Å². The van der Waals surface area contributed by atoms with E-state index in [0.717, 1.165) is 43.2 Å². The molecule has 0 radical (unpaired) electrons. The predicted octanol–water partition coefficient (Wildman–Crippen LogP) is 2.31. The van der Waals surface area contributed by atoms with Gasteiger partial charge in [0.1, 0.15) is 6.04 Å². The molecule has 1 saturated carbocycles. The molecule has 1 heterocycles. The number of carbonyl (C=O) groups is 2. The Morgan fingerprint density at radius 3 is 2.61 bits per heavy atom. The summed E-state index contributed by atoms with van der Waals surface area (Å²) in [6.45, 7) is 1.33. The van der Waals surface area contributed by atoms with Crippen molar-refractivity contribution in [1.82, 2.24) is 10.2 Å². The van der Waals surface area contributed by atoms with E-state index in [1.54, 1.807) is 11.0 Å². The van der Waals surface area contributed by atoms with Gasteiger partial charge in [-0.15, -0.1) is 0 Å². The van der Waals surface area contributed by atoms with E-state index in [2.05, 4.69) is 5.32 Å². The second-order valence-electron chi connectivity index (χ2n) is 7.95. The van der Waals surface area contributed by atoms with Crippen LogP contribution in [0.3, 0.4) is 0 Å². The summed E-state index contributed by atoms with van der Waals surface area (Å²) in [5, 5.41) is 3.57. The van der Waals surface area contributed by atoms with Crippen LogP contribution < -0.4 is 16.8 Å². The van der Waals surface area contributed by atoms with Gasteiger partial charge >= 0.3 is 0 Å². The van der Waals surface area contributed by atoms with Crippen LogP contribution >= 0.6 is 11.6 Å². The van der Waals surface area contributed by atoms with Crippen LogP contribution in [-0.2, 0) is 22.7 Å². The highest BCUT2D eigenvalue weighted by molar-refractivity contribution is 6.30. The molecule has 154 valence electrons. The number of likely N-dealkylation sites (tertiary alicyclic amines) is 1. The number of halogens is 1. The summed E-state index contributed by atoms with van der Waals surface area (Å²) in [5.41, 5.74) is 13.9. The van der Waals surface area contributed by atoms with Crippen molar-refractivity contribution in [2.24, 2.45) is 17.4 Å². The molecule has 3 rings (SSSR count). The van der Waals surface area contributed by atoms with E-state index >= 15 is 0 Å². The number of carbonyl (C=O) groups excluding carboxylic acids is 2. The SMILES string of the molecule is NCc1ccc(Cl)cc1CNC(=O)[C@@H]1CCCN1C(=O)[C@H](N)C1CCCCC1. The first-order valence-corrected chi connectivity index (χ1v) is 10.7. The van der Waals surface area contributed by atoms with Crippen LogP contribution in [0.25, 0.3) is 0 Å². The van der Waals surface area contributed by atoms with Gasteiger partial charge in [-0.3, -0.25) is 9.59 Å². The third-order valence-electron chi connectivity index (χ3n) is 6.12.